The number of aliphatic hydroxyl groups is 1. The maximum Gasteiger partial charge on any atom is 0.203 e. The second kappa shape index (κ2) is 12.4. The fourth-order valence-electron chi connectivity index (χ4n) is 5.14. The number of quaternary nitrogens is 1. The molecule has 0 saturated heterocycles. The zero-order chi connectivity index (χ0) is 24.9. The maximum absolute atomic E-state index is 9.61. The zero-order valence-electron chi connectivity index (χ0n) is 21.8. The smallest absolute Gasteiger partial charge is 0.203 e. The van der Waals surface area contributed by atoms with Gasteiger partial charge in [-0.1, -0.05) is 0 Å². The molecule has 196 valence electrons. The van der Waals surface area contributed by atoms with Crippen LogP contribution in [0.1, 0.15) is 29.2 Å². The van der Waals surface area contributed by atoms with Gasteiger partial charge in [0.1, 0.15) is 6.04 Å². The highest BCUT2D eigenvalue weighted by molar-refractivity contribution is 5.61. The van der Waals surface area contributed by atoms with Crippen molar-refractivity contribution in [1.82, 2.24) is 0 Å². The van der Waals surface area contributed by atoms with Gasteiger partial charge in [0.15, 0.2) is 23.0 Å². The van der Waals surface area contributed by atoms with Crippen molar-refractivity contribution in [3.63, 3.8) is 0 Å². The quantitative estimate of drug-likeness (QED) is 0.438. The molecule has 0 unspecified atom stereocenters. The molecular weight excluding hydrogens is 474 g/mol. The van der Waals surface area contributed by atoms with Gasteiger partial charge in [-0.15, -0.1) is 0 Å². The third kappa shape index (κ3) is 5.50. The van der Waals surface area contributed by atoms with Crippen LogP contribution in [0.25, 0.3) is 0 Å². The maximum atomic E-state index is 9.61. The topological polar surface area (TPSA) is 75.6 Å². The molecule has 0 fully saturated rings. The molecule has 0 radical (unpaired) electrons. The van der Waals surface area contributed by atoms with E-state index in [-0.39, 0.29) is 25.1 Å². The average molecular weight is 512 g/mol. The molecule has 0 saturated carbocycles. The summed E-state index contributed by atoms with van der Waals surface area (Å²) in [7, 11) is 12.0. The van der Waals surface area contributed by atoms with E-state index in [1.165, 1.54) is 5.56 Å². The van der Waals surface area contributed by atoms with Gasteiger partial charge in [0.2, 0.25) is 11.5 Å². The van der Waals surface area contributed by atoms with Crippen molar-refractivity contribution >= 4 is 0 Å². The van der Waals surface area contributed by atoms with Crippen LogP contribution in [0.4, 0.5) is 0 Å². The number of likely N-dealkylation sites (N-methyl/N-ethyl adjacent to an activating group) is 1. The first-order chi connectivity index (χ1) is 16.4. The lowest BCUT2D eigenvalue weighted by Crippen LogP contribution is -3.00. The number of hydrogen-bond acceptors (Lipinski definition) is 7. The lowest BCUT2D eigenvalue weighted by molar-refractivity contribution is -0.941. The first-order valence-corrected chi connectivity index (χ1v) is 11.5. The highest BCUT2D eigenvalue weighted by atomic mass is 35.5. The number of aliphatic hydroxyl groups excluding tert-OH is 1. The van der Waals surface area contributed by atoms with Crippen molar-refractivity contribution in [2.45, 2.75) is 25.3 Å². The Morgan fingerprint density at radius 3 is 1.83 bits per heavy atom. The first kappa shape index (κ1) is 28.7. The number of fused-ring (bicyclic) bond motifs is 1. The molecule has 8 nitrogen and oxygen atoms in total. The molecule has 1 aliphatic rings. The highest BCUT2D eigenvalue weighted by Crippen LogP contribution is 2.50. The predicted octanol–water partition coefficient (Wildman–Crippen LogP) is 0.411. The zero-order valence-corrected chi connectivity index (χ0v) is 22.5. The molecule has 0 bridgehead atoms. The van der Waals surface area contributed by atoms with Crippen LogP contribution in [-0.4, -0.2) is 79.0 Å². The summed E-state index contributed by atoms with van der Waals surface area (Å²) >= 11 is 0. The fraction of sp³-hybridized carbons (Fsp3) is 0.538. The summed E-state index contributed by atoms with van der Waals surface area (Å²) in [5.41, 5.74) is 3.35. The summed E-state index contributed by atoms with van der Waals surface area (Å²) in [5.74, 6) is 3.76. The van der Waals surface area contributed by atoms with Gasteiger partial charge >= 0.3 is 0 Å². The summed E-state index contributed by atoms with van der Waals surface area (Å²) in [6, 6.07) is 6.11. The Morgan fingerprint density at radius 1 is 0.800 bits per heavy atom. The molecule has 1 N–H and O–H groups in total. The Bertz CT molecular complexity index is 975. The van der Waals surface area contributed by atoms with Gasteiger partial charge < -0.3 is 50.4 Å². The number of halogens is 1. The van der Waals surface area contributed by atoms with Gasteiger partial charge in [-0.05, 0) is 29.3 Å². The van der Waals surface area contributed by atoms with E-state index < -0.39 is 0 Å². The van der Waals surface area contributed by atoms with Crippen molar-refractivity contribution in [3.8, 4) is 34.5 Å². The fourth-order valence-corrected chi connectivity index (χ4v) is 5.14. The third-order valence-electron chi connectivity index (χ3n) is 6.91. The molecule has 35 heavy (non-hydrogen) atoms. The van der Waals surface area contributed by atoms with Gasteiger partial charge in [0, 0.05) is 25.9 Å². The molecule has 1 aliphatic heterocycles. The van der Waals surface area contributed by atoms with Crippen LogP contribution in [0, 0.1) is 0 Å². The van der Waals surface area contributed by atoms with Crippen LogP contribution in [-0.2, 0) is 12.8 Å². The SMILES string of the molecule is COc1cc(C[C@@H]2c3c(cc(OC)c(OC)c3OC)CC[N@@+]2(C)CCCO)cc(OC)c1OC.[Cl-]. The van der Waals surface area contributed by atoms with E-state index in [1.807, 2.05) is 12.1 Å². The highest BCUT2D eigenvalue weighted by Gasteiger charge is 2.42. The molecular formula is C26H38ClNO7. The van der Waals surface area contributed by atoms with E-state index in [0.717, 1.165) is 35.1 Å². The van der Waals surface area contributed by atoms with Gasteiger partial charge in [0.05, 0.1) is 68.4 Å². The van der Waals surface area contributed by atoms with Crippen molar-refractivity contribution in [2.75, 3.05) is 69.4 Å². The lowest BCUT2D eigenvalue weighted by atomic mass is 9.85. The molecule has 2 aromatic rings. The van der Waals surface area contributed by atoms with E-state index in [4.69, 9.17) is 28.4 Å². The van der Waals surface area contributed by atoms with Gasteiger partial charge in [-0.25, -0.2) is 0 Å². The molecule has 2 atom stereocenters. The average Bonchev–Trinajstić information content (AvgIpc) is 2.87. The van der Waals surface area contributed by atoms with Crippen molar-refractivity contribution in [2.24, 2.45) is 0 Å². The molecule has 0 amide bonds. The Kier molecular flexibility index (Phi) is 10.2. The first-order valence-electron chi connectivity index (χ1n) is 11.5. The van der Waals surface area contributed by atoms with Crippen molar-refractivity contribution in [3.05, 3.63) is 34.9 Å². The number of benzene rings is 2. The Labute approximate surface area is 214 Å². The molecule has 9 heteroatoms. The third-order valence-corrected chi connectivity index (χ3v) is 6.91. The minimum Gasteiger partial charge on any atom is -1.00 e. The molecule has 2 aromatic carbocycles. The van der Waals surface area contributed by atoms with E-state index >= 15 is 0 Å². The second-order valence-corrected chi connectivity index (χ2v) is 8.73. The standard InChI is InChI=1S/C26H38NO7.ClH/c1-27(10-8-12-28)11-9-18-16-22(31-4)25(33-6)26(34-7)23(18)19(27)13-17-14-20(29-2)24(32-5)21(15-17)30-3;/h14-16,19,28H,8-13H2,1-7H3;1H/q+1;/p-1/t19-,27-;/m1./s1. The molecule has 1 heterocycles. The number of ether oxygens (including phenoxy) is 6. The molecule has 0 spiro atoms. The predicted molar refractivity (Wildman–Crippen MR) is 130 cm³/mol. The Balaban J connectivity index is 0.00000432. The summed E-state index contributed by atoms with van der Waals surface area (Å²) in [4.78, 5) is 0. The van der Waals surface area contributed by atoms with E-state index in [2.05, 4.69) is 13.1 Å². The van der Waals surface area contributed by atoms with Crippen LogP contribution < -0.4 is 40.8 Å². The van der Waals surface area contributed by atoms with E-state index in [1.54, 1.807) is 42.7 Å². The Morgan fingerprint density at radius 2 is 1.34 bits per heavy atom. The van der Waals surface area contributed by atoms with Gasteiger partial charge in [0.25, 0.3) is 0 Å². The molecule has 0 aromatic heterocycles. The van der Waals surface area contributed by atoms with Gasteiger partial charge in [-0.2, -0.15) is 0 Å². The Hall–Kier alpha value is -2.55. The summed E-state index contributed by atoms with van der Waals surface area (Å²) in [5, 5.41) is 9.61. The number of rotatable bonds is 11. The van der Waals surface area contributed by atoms with Crippen LogP contribution in [0.15, 0.2) is 18.2 Å². The lowest BCUT2D eigenvalue weighted by Gasteiger charge is -2.46. The van der Waals surface area contributed by atoms with Crippen LogP contribution in [0.3, 0.4) is 0 Å². The number of nitrogens with zero attached hydrogens (tertiary/aromatic N) is 1. The van der Waals surface area contributed by atoms with E-state index in [9.17, 15) is 5.11 Å². The van der Waals surface area contributed by atoms with Gasteiger partial charge in [-0.3, -0.25) is 0 Å². The van der Waals surface area contributed by atoms with Crippen molar-refractivity contribution < 1.29 is 50.4 Å². The normalized spacial score (nSPS) is 18.7. The largest absolute Gasteiger partial charge is 1.00 e. The summed E-state index contributed by atoms with van der Waals surface area (Å²) in [6.45, 7) is 1.92. The molecule has 3 rings (SSSR count). The van der Waals surface area contributed by atoms with Crippen LogP contribution in [0.5, 0.6) is 34.5 Å². The monoisotopic (exact) mass is 511 g/mol. The summed E-state index contributed by atoms with van der Waals surface area (Å²) < 4.78 is 34.7. The van der Waals surface area contributed by atoms with Crippen LogP contribution >= 0.6 is 0 Å². The summed E-state index contributed by atoms with van der Waals surface area (Å²) in [6.07, 6.45) is 2.30. The molecule has 0 aliphatic carbocycles. The number of methoxy groups -OCH3 is 6. The minimum atomic E-state index is 0. The van der Waals surface area contributed by atoms with Crippen molar-refractivity contribution in [1.29, 1.82) is 0 Å². The van der Waals surface area contributed by atoms with Crippen LogP contribution in [0.2, 0.25) is 0 Å². The van der Waals surface area contributed by atoms with E-state index in [0.29, 0.717) is 47.3 Å². The minimum absolute atomic E-state index is 0. The number of hydrogen-bond donors (Lipinski definition) is 1. The second-order valence-electron chi connectivity index (χ2n) is 8.73.